The fourth-order valence-corrected chi connectivity index (χ4v) is 2.41. The van der Waals surface area contributed by atoms with Gasteiger partial charge < -0.3 is 14.9 Å². The van der Waals surface area contributed by atoms with Crippen molar-refractivity contribution in [1.29, 1.82) is 0 Å². The van der Waals surface area contributed by atoms with Crippen molar-refractivity contribution >= 4 is 17.7 Å². The Bertz CT molecular complexity index is 517. The number of aliphatic carboxylic acids is 1. The maximum Gasteiger partial charge on any atom is 0.328 e. The summed E-state index contributed by atoms with van der Waals surface area (Å²) in [6, 6.07) is 4.86. The Kier molecular flexibility index (Phi) is 4.74. The van der Waals surface area contributed by atoms with E-state index in [-0.39, 0.29) is 0 Å². The van der Waals surface area contributed by atoms with Crippen LogP contribution in [0.2, 0.25) is 0 Å². The molecule has 2 rings (SSSR count). The minimum atomic E-state index is -1.07. The summed E-state index contributed by atoms with van der Waals surface area (Å²) in [5.74, 6) is -1.47. The van der Waals surface area contributed by atoms with Gasteiger partial charge in [-0.1, -0.05) is 6.07 Å². The third kappa shape index (κ3) is 3.57. The zero-order chi connectivity index (χ0) is 14.5. The molecule has 0 radical (unpaired) electrons. The topological polar surface area (TPSA) is 43.8 Å². The summed E-state index contributed by atoms with van der Waals surface area (Å²) in [5.41, 5.74) is 1.11. The van der Waals surface area contributed by atoms with Crippen LogP contribution in [0.5, 0.6) is 0 Å². The number of carboxylic acid groups (broad SMARTS) is 1. The second kappa shape index (κ2) is 6.52. The predicted octanol–water partition coefficient (Wildman–Crippen LogP) is 2.07. The van der Waals surface area contributed by atoms with E-state index in [1.807, 2.05) is 6.07 Å². The van der Waals surface area contributed by atoms with E-state index in [0.29, 0.717) is 5.56 Å². The van der Waals surface area contributed by atoms with Gasteiger partial charge in [-0.15, -0.1) is 0 Å². The standard InChI is InChI=1S/C15H19FN2O2/c1-17-8-3-9-18(11-10-17)14-5-2-4-13(16)12(14)6-7-15(19)20/h2,4-7H,3,8-11H2,1H3,(H,19,20)/b7-6+. The Morgan fingerprint density at radius 3 is 2.85 bits per heavy atom. The molecule has 20 heavy (non-hydrogen) atoms. The number of hydrogen-bond acceptors (Lipinski definition) is 3. The Morgan fingerprint density at radius 1 is 1.30 bits per heavy atom. The number of benzene rings is 1. The molecule has 1 fully saturated rings. The maximum atomic E-state index is 14.0. The Labute approximate surface area is 118 Å². The lowest BCUT2D eigenvalue weighted by Crippen LogP contribution is -2.29. The molecule has 0 saturated carbocycles. The molecule has 1 aromatic rings. The molecule has 0 atom stereocenters. The summed E-state index contributed by atoms with van der Waals surface area (Å²) in [6.07, 6.45) is 3.32. The number of anilines is 1. The van der Waals surface area contributed by atoms with Crippen LogP contribution in [-0.4, -0.2) is 49.2 Å². The molecule has 0 aromatic heterocycles. The van der Waals surface area contributed by atoms with Crippen molar-refractivity contribution in [2.45, 2.75) is 6.42 Å². The average Bonchev–Trinajstić information content (AvgIpc) is 2.62. The normalized spacial score (nSPS) is 17.4. The van der Waals surface area contributed by atoms with Crippen LogP contribution in [0.4, 0.5) is 10.1 Å². The first-order valence-corrected chi connectivity index (χ1v) is 6.71. The fraction of sp³-hybridized carbons (Fsp3) is 0.400. The average molecular weight is 278 g/mol. The highest BCUT2D eigenvalue weighted by molar-refractivity contribution is 5.87. The number of halogens is 1. The van der Waals surface area contributed by atoms with Crippen LogP contribution >= 0.6 is 0 Å². The van der Waals surface area contributed by atoms with E-state index in [1.54, 1.807) is 6.07 Å². The Hall–Kier alpha value is -1.88. The molecule has 1 aromatic carbocycles. The molecule has 0 unspecified atom stereocenters. The maximum absolute atomic E-state index is 14.0. The molecule has 0 amide bonds. The van der Waals surface area contributed by atoms with Crippen LogP contribution < -0.4 is 4.90 Å². The lowest BCUT2D eigenvalue weighted by molar-refractivity contribution is -0.131. The molecule has 108 valence electrons. The zero-order valence-electron chi connectivity index (χ0n) is 11.6. The van der Waals surface area contributed by atoms with Gasteiger partial charge in [0.1, 0.15) is 5.82 Å². The lowest BCUT2D eigenvalue weighted by atomic mass is 10.1. The van der Waals surface area contributed by atoms with E-state index in [4.69, 9.17) is 5.11 Å². The van der Waals surface area contributed by atoms with Gasteiger partial charge in [-0.3, -0.25) is 0 Å². The number of rotatable bonds is 3. The summed E-state index contributed by atoms with van der Waals surface area (Å²) in [7, 11) is 2.07. The molecule has 5 heteroatoms. The molecule has 0 aliphatic carbocycles. The molecular formula is C15H19FN2O2. The molecule has 1 saturated heterocycles. The van der Waals surface area contributed by atoms with Crippen LogP contribution in [-0.2, 0) is 4.79 Å². The molecule has 1 heterocycles. The van der Waals surface area contributed by atoms with E-state index in [2.05, 4.69) is 16.8 Å². The first-order valence-electron chi connectivity index (χ1n) is 6.71. The van der Waals surface area contributed by atoms with Crippen molar-refractivity contribution in [2.75, 3.05) is 38.1 Å². The Balaban J connectivity index is 2.30. The van der Waals surface area contributed by atoms with Gasteiger partial charge in [-0.25, -0.2) is 9.18 Å². The van der Waals surface area contributed by atoms with E-state index < -0.39 is 11.8 Å². The first kappa shape index (κ1) is 14.5. The van der Waals surface area contributed by atoms with Gasteiger partial charge in [0.2, 0.25) is 0 Å². The highest BCUT2D eigenvalue weighted by atomic mass is 19.1. The van der Waals surface area contributed by atoms with Crippen LogP contribution in [0.3, 0.4) is 0 Å². The summed E-state index contributed by atoms with van der Waals surface area (Å²) in [6.45, 7) is 3.60. The Morgan fingerprint density at radius 2 is 2.10 bits per heavy atom. The van der Waals surface area contributed by atoms with Gasteiger partial charge in [0, 0.05) is 37.0 Å². The largest absolute Gasteiger partial charge is 0.478 e. The van der Waals surface area contributed by atoms with Gasteiger partial charge in [0.25, 0.3) is 0 Å². The predicted molar refractivity (Wildman–Crippen MR) is 77.4 cm³/mol. The minimum absolute atomic E-state index is 0.347. The SMILES string of the molecule is CN1CCCN(c2cccc(F)c2/C=C/C(=O)O)CC1. The van der Waals surface area contributed by atoms with Crippen molar-refractivity contribution in [2.24, 2.45) is 0 Å². The van der Waals surface area contributed by atoms with Crippen molar-refractivity contribution in [1.82, 2.24) is 4.90 Å². The third-order valence-corrected chi connectivity index (χ3v) is 3.48. The van der Waals surface area contributed by atoms with Crippen LogP contribution in [0.1, 0.15) is 12.0 Å². The number of carbonyl (C=O) groups is 1. The van der Waals surface area contributed by atoms with Gasteiger partial charge in [0.15, 0.2) is 0 Å². The molecule has 0 bridgehead atoms. The molecule has 0 spiro atoms. The fourth-order valence-electron chi connectivity index (χ4n) is 2.41. The van der Waals surface area contributed by atoms with E-state index >= 15 is 0 Å². The number of likely N-dealkylation sites (N-methyl/N-ethyl adjacent to an activating group) is 1. The smallest absolute Gasteiger partial charge is 0.328 e. The van der Waals surface area contributed by atoms with Gasteiger partial charge in [-0.05, 0) is 38.2 Å². The van der Waals surface area contributed by atoms with Crippen LogP contribution in [0.25, 0.3) is 6.08 Å². The molecule has 1 aliphatic rings. The van der Waals surface area contributed by atoms with Crippen molar-refractivity contribution in [3.05, 3.63) is 35.7 Å². The summed E-state index contributed by atoms with van der Waals surface area (Å²) in [4.78, 5) is 15.0. The van der Waals surface area contributed by atoms with Crippen molar-refractivity contribution < 1.29 is 14.3 Å². The molecular weight excluding hydrogens is 259 g/mol. The molecule has 4 nitrogen and oxygen atoms in total. The van der Waals surface area contributed by atoms with Crippen molar-refractivity contribution in [3.8, 4) is 0 Å². The van der Waals surface area contributed by atoms with Crippen molar-refractivity contribution in [3.63, 3.8) is 0 Å². The first-order chi connectivity index (χ1) is 9.58. The van der Waals surface area contributed by atoms with Gasteiger partial charge in [-0.2, -0.15) is 0 Å². The number of nitrogens with zero attached hydrogens (tertiary/aromatic N) is 2. The zero-order valence-corrected chi connectivity index (χ0v) is 11.6. The summed E-state index contributed by atoms with van der Waals surface area (Å²) >= 11 is 0. The van der Waals surface area contributed by atoms with E-state index in [0.717, 1.165) is 44.4 Å². The molecule has 1 aliphatic heterocycles. The second-order valence-corrected chi connectivity index (χ2v) is 4.99. The minimum Gasteiger partial charge on any atom is -0.478 e. The highest BCUT2D eigenvalue weighted by Crippen LogP contribution is 2.25. The summed E-state index contributed by atoms with van der Waals surface area (Å²) in [5, 5.41) is 8.72. The monoisotopic (exact) mass is 278 g/mol. The second-order valence-electron chi connectivity index (χ2n) is 4.99. The third-order valence-electron chi connectivity index (χ3n) is 3.48. The number of carboxylic acids is 1. The number of hydrogen-bond donors (Lipinski definition) is 1. The van der Waals surface area contributed by atoms with Gasteiger partial charge >= 0.3 is 5.97 Å². The highest BCUT2D eigenvalue weighted by Gasteiger charge is 2.16. The van der Waals surface area contributed by atoms with Gasteiger partial charge in [0.05, 0.1) is 0 Å². The lowest BCUT2D eigenvalue weighted by Gasteiger charge is -2.25. The quantitative estimate of drug-likeness (QED) is 0.860. The van der Waals surface area contributed by atoms with Crippen LogP contribution in [0.15, 0.2) is 24.3 Å². The van der Waals surface area contributed by atoms with E-state index in [9.17, 15) is 9.18 Å². The van der Waals surface area contributed by atoms with E-state index in [1.165, 1.54) is 12.1 Å². The van der Waals surface area contributed by atoms with Crippen LogP contribution in [0, 0.1) is 5.82 Å². The molecule has 1 N–H and O–H groups in total. The summed E-state index contributed by atoms with van der Waals surface area (Å²) < 4.78 is 14.0.